The van der Waals surface area contributed by atoms with Gasteiger partial charge in [-0.3, -0.25) is 9.89 Å². The summed E-state index contributed by atoms with van der Waals surface area (Å²) in [7, 11) is 1.82. The zero-order chi connectivity index (χ0) is 15.8. The van der Waals surface area contributed by atoms with Crippen molar-refractivity contribution in [2.45, 2.75) is 20.4 Å². The number of nitrogens with zero attached hydrogens (tertiary/aromatic N) is 2. The Labute approximate surface area is 137 Å². The molecule has 1 saturated heterocycles. The highest BCUT2D eigenvalue weighted by atomic mass is 32.1. The van der Waals surface area contributed by atoms with Crippen molar-refractivity contribution in [1.29, 1.82) is 0 Å². The Morgan fingerprint density at radius 3 is 2.77 bits per heavy atom. The molecule has 0 amide bonds. The SMILES string of the molecule is CN=C(NCc1ccc(C)s1)NCC(C)CN1CCOCC1. The van der Waals surface area contributed by atoms with Crippen LogP contribution >= 0.6 is 11.3 Å². The van der Waals surface area contributed by atoms with E-state index in [0.717, 1.165) is 51.9 Å². The number of hydrogen-bond acceptors (Lipinski definition) is 4. The molecule has 0 aromatic carbocycles. The van der Waals surface area contributed by atoms with Gasteiger partial charge in [0, 0.05) is 43.0 Å². The summed E-state index contributed by atoms with van der Waals surface area (Å²) in [6, 6.07) is 4.32. The molecule has 1 atom stereocenters. The summed E-state index contributed by atoms with van der Waals surface area (Å²) in [5, 5.41) is 6.80. The van der Waals surface area contributed by atoms with Crippen LogP contribution in [0.5, 0.6) is 0 Å². The van der Waals surface area contributed by atoms with Gasteiger partial charge in [0.05, 0.1) is 19.8 Å². The number of morpholine rings is 1. The minimum atomic E-state index is 0.584. The van der Waals surface area contributed by atoms with Crippen LogP contribution in [0.1, 0.15) is 16.7 Å². The molecule has 1 unspecified atom stereocenters. The lowest BCUT2D eigenvalue weighted by Crippen LogP contribution is -2.43. The second kappa shape index (κ2) is 9.12. The molecule has 2 rings (SSSR count). The molecule has 1 aromatic heterocycles. The molecule has 0 saturated carbocycles. The summed E-state index contributed by atoms with van der Waals surface area (Å²) in [6.07, 6.45) is 0. The van der Waals surface area contributed by atoms with E-state index in [-0.39, 0.29) is 0 Å². The maximum Gasteiger partial charge on any atom is 0.191 e. The molecule has 0 spiro atoms. The zero-order valence-corrected chi connectivity index (χ0v) is 14.7. The standard InChI is InChI=1S/C16H28N4OS/c1-13(12-20-6-8-21-9-7-20)10-18-16(17-3)19-11-15-5-4-14(2)22-15/h4-5,13H,6-12H2,1-3H3,(H2,17,18,19). The first-order valence-electron chi connectivity index (χ1n) is 7.97. The van der Waals surface area contributed by atoms with Crippen LogP contribution in [-0.4, -0.2) is 57.3 Å². The van der Waals surface area contributed by atoms with Gasteiger partial charge in [0.15, 0.2) is 5.96 Å². The van der Waals surface area contributed by atoms with E-state index in [9.17, 15) is 0 Å². The van der Waals surface area contributed by atoms with Gasteiger partial charge >= 0.3 is 0 Å². The monoisotopic (exact) mass is 324 g/mol. The number of thiophene rings is 1. The number of aliphatic imine (C=N–C) groups is 1. The molecule has 0 bridgehead atoms. The summed E-state index contributed by atoms with van der Waals surface area (Å²) in [4.78, 5) is 9.45. The van der Waals surface area contributed by atoms with Crippen LogP contribution in [0, 0.1) is 12.8 Å². The minimum Gasteiger partial charge on any atom is -0.379 e. The molecule has 1 aliphatic rings. The van der Waals surface area contributed by atoms with Gasteiger partial charge in [-0.1, -0.05) is 6.92 Å². The van der Waals surface area contributed by atoms with Crippen LogP contribution in [0.2, 0.25) is 0 Å². The van der Waals surface area contributed by atoms with Crippen molar-refractivity contribution in [2.75, 3.05) is 46.4 Å². The number of hydrogen-bond donors (Lipinski definition) is 2. The van der Waals surface area contributed by atoms with Crippen LogP contribution in [0.3, 0.4) is 0 Å². The highest BCUT2D eigenvalue weighted by Gasteiger charge is 2.13. The summed E-state index contributed by atoms with van der Waals surface area (Å²) in [5.74, 6) is 1.46. The van der Waals surface area contributed by atoms with Crippen molar-refractivity contribution in [3.63, 3.8) is 0 Å². The van der Waals surface area contributed by atoms with E-state index in [0.29, 0.717) is 5.92 Å². The number of nitrogens with one attached hydrogen (secondary N) is 2. The van der Waals surface area contributed by atoms with Gasteiger partial charge in [0.2, 0.25) is 0 Å². The highest BCUT2D eigenvalue weighted by molar-refractivity contribution is 7.11. The number of ether oxygens (including phenoxy) is 1. The van der Waals surface area contributed by atoms with Gasteiger partial charge in [-0.2, -0.15) is 0 Å². The fraction of sp³-hybridized carbons (Fsp3) is 0.688. The Bertz CT molecular complexity index is 468. The quantitative estimate of drug-likeness (QED) is 0.618. The van der Waals surface area contributed by atoms with Gasteiger partial charge in [-0.05, 0) is 25.0 Å². The molecule has 2 N–H and O–H groups in total. The lowest BCUT2D eigenvalue weighted by Gasteiger charge is -2.29. The van der Waals surface area contributed by atoms with Crippen molar-refractivity contribution < 1.29 is 4.74 Å². The van der Waals surface area contributed by atoms with Crippen LogP contribution in [0.4, 0.5) is 0 Å². The first kappa shape index (κ1) is 17.2. The molecule has 0 radical (unpaired) electrons. The van der Waals surface area contributed by atoms with Gasteiger partial charge in [-0.15, -0.1) is 11.3 Å². The Morgan fingerprint density at radius 2 is 2.14 bits per heavy atom. The Morgan fingerprint density at radius 1 is 1.36 bits per heavy atom. The van der Waals surface area contributed by atoms with Crippen molar-refractivity contribution in [1.82, 2.24) is 15.5 Å². The predicted octanol–water partition coefficient (Wildman–Crippen LogP) is 1.69. The fourth-order valence-corrected chi connectivity index (χ4v) is 3.36. The summed E-state index contributed by atoms with van der Waals surface area (Å²) in [5.41, 5.74) is 0. The van der Waals surface area contributed by atoms with Crippen molar-refractivity contribution in [3.8, 4) is 0 Å². The van der Waals surface area contributed by atoms with Gasteiger partial charge in [-0.25, -0.2) is 0 Å². The first-order valence-corrected chi connectivity index (χ1v) is 8.79. The van der Waals surface area contributed by atoms with Gasteiger partial charge in [0.25, 0.3) is 0 Å². The average molecular weight is 324 g/mol. The van der Waals surface area contributed by atoms with E-state index in [2.05, 4.69) is 46.5 Å². The summed E-state index contributed by atoms with van der Waals surface area (Å²) in [6.45, 7) is 11.1. The Hall–Kier alpha value is -1.11. The third-order valence-electron chi connectivity index (χ3n) is 3.74. The third kappa shape index (κ3) is 5.94. The number of aryl methyl sites for hydroxylation is 1. The molecule has 1 aliphatic heterocycles. The topological polar surface area (TPSA) is 48.9 Å². The molecule has 124 valence electrons. The van der Waals surface area contributed by atoms with E-state index < -0.39 is 0 Å². The maximum atomic E-state index is 5.39. The third-order valence-corrected chi connectivity index (χ3v) is 4.74. The largest absolute Gasteiger partial charge is 0.379 e. The van der Waals surface area contributed by atoms with Crippen molar-refractivity contribution >= 4 is 17.3 Å². The molecule has 5 nitrogen and oxygen atoms in total. The lowest BCUT2D eigenvalue weighted by molar-refractivity contribution is 0.0320. The van der Waals surface area contributed by atoms with Gasteiger partial charge < -0.3 is 15.4 Å². The lowest BCUT2D eigenvalue weighted by atomic mass is 10.1. The van der Waals surface area contributed by atoms with Crippen LogP contribution < -0.4 is 10.6 Å². The van der Waals surface area contributed by atoms with Crippen molar-refractivity contribution in [3.05, 3.63) is 21.9 Å². The van der Waals surface area contributed by atoms with E-state index >= 15 is 0 Å². The Kier molecular flexibility index (Phi) is 7.15. The summed E-state index contributed by atoms with van der Waals surface area (Å²) >= 11 is 1.82. The molecule has 2 heterocycles. The van der Waals surface area contributed by atoms with E-state index in [4.69, 9.17) is 4.74 Å². The number of rotatable bonds is 6. The smallest absolute Gasteiger partial charge is 0.191 e. The fourth-order valence-electron chi connectivity index (χ4n) is 2.53. The highest BCUT2D eigenvalue weighted by Crippen LogP contribution is 2.14. The van der Waals surface area contributed by atoms with Crippen molar-refractivity contribution in [2.24, 2.45) is 10.9 Å². The minimum absolute atomic E-state index is 0.584. The van der Waals surface area contributed by atoms with Crippen LogP contribution in [0.15, 0.2) is 17.1 Å². The molecule has 22 heavy (non-hydrogen) atoms. The predicted molar refractivity (Wildman–Crippen MR) is 93.7 cm³/mol. The summed E-state index contributed by atoms with van der Waals surface area (Å²) < 4.78 is 5.39. The second-order valence-corrected chi connectivity index (χ2v) is 7.21. The molecular weight excluding hydrogens is 296 g/mol. The normalized spacial score (nSPS) is 18.2. The van der Waals surface area contributed by atoms with Crippen LogP contribution in [-0.2, 0) is 11.3 Å². The molecule has 1 fully saturated rings. The zero-order valence-electron chi connectivity index (χ0n) is 13.9. The first-order chi connectivity index (χ1) is 10.7. The second-order valence-electron chi connectivity index (χ2n) is 5.84. The number of guanidine groups is 1. The maximum absolute atomic E-state index is 5.39. The molecular formula is C16H28N4OS. The molecule has 0 aliphatic carbocycles. The van der Waals surface area contributed by atoms with Gasteiger partial charge in [0.1, 0.15) is 0 Å². The van der Waals surface area contributed by atoms with E-state index in [1.165, 1.54) is 9.75 Å². The molecule has 1 aromatic rings. The Balaban J connectivity index is 1.66. The average Bonchev–Trinajstić information content (AvgIpc) is 2.94. The molecule has 6 heteroatoms. The van der Waals surface area contributed by atoms with E-state index in [1.807, 2.05) is 18.4 Å². The van der Waals surface area contributed by atoms with E-state index in [1.54, 1.807) is 0 Å². The van der Waals surface area contributed by atoms with Crippen LogP contribution in [0.25, 0.3) is 0 Å².